The van der Waals surface area contributed by atoms with Gasteiger partial charge in [0.15, 0.2) is 0 Å². The van der Waals surface area contributed by atoms with Crippen LogP contribution in [0.3, 0.4) is 0 Å². The second kappa shape index (κ2) is 10.0. The van der Waals surface area contributed by atoms with E-state index in [0.717, 1.165) is 37.8 Å². The van der Waals surface area contributed by atoms with Gasteiger partial charge in [-0.05, 0) is 60.0 Å². The van der Waals surface area contributed by atoms with Crippen molar-refractivity contribution >= 4 is 41.0 Å². The van der Waals surface area contributed by atoms with Crippen LogP contribution in [0, 0.1) is 0 Å². The van der Waals surface area contributed by atoms with Gasteiger partial charge in [-0.25, -0.2) is 0 Å². The van der Waals surface area contributed by atoms with E-state index in [1.807, 2.05) is 12.2 Å². The number of benzene rings is 2. The highest BCUT2D eigenvalue weighted by Crippen LogP contribution is 2.30. The Morgan fingerprint density at radius 1 is 0.760 bits per heavy atom. The molecule has 0 fully saturated rings. The van der Waals surface area contributed by atoms with E-state index >= 15 is 0 Å². The molecule has 0 amide bonds. The van der Waals surface area contributed by atoms with Gasteiger partial charge in [0, 0.05) is 0 Å². The van der Waals surface area contributed by atoms with Crippen molar-refractivity contribution in [3.8, 4) is 0 Å². The number of halogens is 2. The van der Waals surface area contributed by atoms with E-state index in [2.05, 4.69) is 61.7 Å². The molecule has 0 aliphatic heterocycles. The average molecular weight is 389 g/mol. The summed E-state index contributed by atoms with van der Waals surface area (Å²) >= 11 is 13.3. The fourth-order valence-electron chi connectivity index (χ4n) is 2.98. The van der Waals surface area contributed by atoms with Crippen LogP contribution in [0.25, 0.3) is 12.2 Å². The molecule has 25 heavy (non-hydrogen) atoms. The van der Waals surface area contributed by atoms with Crippen molar-refractivity contribution in [2.24, 2.45) is 0 Å². The van der Waals surface area contributed by atoms with E-state index in [1.54, 1.807) is 0 Å². The van der Waals surface area contributed by atoms with Crippen LogP contribution in [0.2, 0.25) is 12.1 Å². The van der Waals surface area contributed by atoms with Crippen molar-refractivity contribution in [3.05, 3.63) is 83.9 Å². The van der Waals surface area contributed by atoms with Gasteiger partial charge in [0.2, 0.25) is 0 Å². The van der Waals surface area contributed by atoms with E-state index < -0.39 is 6.69 Å². The molecule has 0 aliphatic carbocycles. The molecule has 0 atom stereocenters. The van der Waals surface area contributed by atoms with Crippen molar-refractivity contribution in [1.82, 2.24) is 0 Å². The Labute approximate surface area is 162 Å². The Bertz CT molecular complexity index is 647. The topological polar surface area (TPSA) is 0 Å². The van der Waals surface area contributed by atoms with Crippen LogP contribution < -0.4 is 0 Å². The molecule has 2 aromatic carbocycles. The average Bonchev–Trinajstić information content (AvgIpc) is 2.62. The highest BCUT2D eigenvalue weighted by Gasteiger charge is 2.27. The Kier molecular flexibility index (Phi) is 8.02. The normalized spacial score (nSPS) is 11.3. The largest absolute Gasteiger partial charge is 0.251 e. The number of rotatable bonds is 10. The van der Waals surface area contributed by atoms with Gasteiger partial charge < -0.3 is 0 Å². The molecule has 2 aromatic rings. The minimum absolute atomic E-state index is 0.946. The summed E-state index contributed by atoms with van der Waals surface area (Å²) in [5.41, 5.74) is 4.99. The molecule has 0 unspecified atom stereocenters. The summed E-state index contributed by atoms with van der Waals surface area (Å²) in [5.74, 6) is 0. The summed E-state index contributed by atoms with van der Waals surface area (Å²) in [5, 5.41) is 0. The molecule has 0 aromatic heterocycles. The molecule has 0 aliphatic rings. The lowest BCUT2D eigenvalue weighted by molar-refractivity contribution is 0.876. The zero-order valence-corrected chi connectivity index (χ0v) is 17.2. The molecule has 0 saturated carbocycles. The van der Waals surface area contributed by atoms with Gasteiger partial charge in [0.05, 0.1) is 0 Å². The minimum atomic E-state index is -2.15. The van der Waals surface area contributed by atoms with E-state index in [1.165, 1.54) is 22.3 Å². The van der Waals surface area contributed by atoms with Gasteiger partial charge in [-0.1, -0.05) is 73.8 Å². The maximum Gasteiger partial charge on any atom is 0.251 e. The molecule has 2 rings (SSSR count). The first-order chi connectivity index (χ1) is 12.0. The Balaban J connectivity index is 1.75. The number of hydrogen-bond donors (Lipinski definition) is 0. The lowest BCUT2D eigenvalue weighted by Gasteiger charge is -2.16. The monoisotopic (exact) mass is 388 g/mol. The summed E-state index contributed by atoms with van der Waals surface area (Å²) in [6, 6.07) is 18.9. The van der Waals surface area contributed by atoms with E-state index in [0.29, 0.717) is 0 Å². The SMILES string of the molecule is C=Cc1cccc(CCC[Si](Cl)(Cl)CCCc2cccc(C=C)c2)c1. The second-order valence-electron chi connectivity index (χ2n) is 6.46. The molecular weight excluding hydrogens is 363 g/mol. The fourth-order valence-corrected chi connectivity index (χ4v) is 6.22. The third-order valence-corrected chi connectivity index (χ3v) is 8.83. The van der Waals surface area contributed by atoms with Gasteiger partial charge in [-0.15, -0.1) is 22.2 Å². The maximum absolute atomic E-state index is 6.66. The van der Waals surface area contributed by atoms with Gasteiger partial charge in [-0.2, -0.15) is 0 Å². The van der Waals surface area contributed by atoms with Crippen LogP contribution >= 0.6 is 22.2 Å². The maximum atomic E-state index is 6.66. The molecule has 0 heterocycles. The van der Waals surface area contributed by atoms with Crippen molar-refractivity contribution in [2.75, 3.05) is 0 Å². The Morgan fingerprint density at radius 3 is 1.60 bits per heavy atom. The first-order valence-corrected chi connectivity index (χ1v) is 13.3. The quantitative estimate of drug-likeness (QED) is 0.292. The first kappa shape index (κ1) is 20.0. The van der Waals surface area contributed by atoms with Crippen LogP contribution in [0.15, 0.2) is 61.7 Å². The Morgan fingerprint density at radius 2 is 1.20 bits per heavy atom. The molecular formula is C22H26Cl2Si. The zero-order valence-electron chi connectivity index (χ0n) is 14.7. The third-order valence-electron chi connectivity index (χ3n) is 4.39. The third kappa shape index (κ3) is 7.23. The number of hydrogen-bond acceptors (Lipinski definition) is 0. The lowest BCUT2D eigenvalue weighted by Crippen LogP contribution is -2.18. The highest BCUT2D eigenvalue weighted by atomic mass is 35.7. The molecule has 0 radical (unpaired) electrons. The zero-order chi connectivity index (χ0) is 18.1. The van der Waals surface area contributed by atoms with Gasteiger partial charge >= 0.3 is 0 Å². The molecule has 132 valence electrons. The van der Waals surface area contributed by atoms with E-state index in [-0.39, 0.29) is 0 Å². The molecule has 0 saturated heterocycles. The molecule has 0 nitrogen and oxygen atoms in total. The Hall–Kier alpha value is -1.28. The van der Waals surface area contributed by atoms with Crippen LogP contribution in [0.1, 0.15) is 35.1 Å². The van der Waals surface area contributed by atoms with Crippen molar-refractivity contribution in [3.63, 3.8) is 0 Å². The van der Waals surface area contributed by atoms with Crippen molar-refractivity contribution in [2.45, 2.75) is 37.8 Å². The van der Waals surface area contributed by atoms with Crippen molar-refractivity contribution in [1.29, 1.82) is 0 Å². The standard InChI is InChI=1S/C22H26Cl2Si/c1-3-19-9-5-11-21(17-19)13-7-15-25(23,24)16-8-14-22-12-6-10-20(4-2)18-22/h3-6,9-12,17-18H,1-2,7-8,13-16H2. The summed E-state index contributed by atoms with van der Waals surface area (Å²) in [7, 11) is 0. The van der Waals surface area contributed by atoms with Crippen LogP contribution in [-0.2, 0) is 12.8 Å². The summed E-state index contributed by atoms with van der Waals surface area (Å²) in [6.07, 6.45) is 7.91. The predicted molar refractivity (Wildman–Crippen MR) is 117 cm³/mol. The van der Waals surface area contributed by atoms with Crippen LogP contribution in [0.5, 0.6) is 0 Å². The second-order valence-corrected chi connectivity index (χ2v) is 14.1. The molecule has 0 spiro atoms. The van der Waals surface area contributed by atoms with Gasteiger partial charge in [-0.3, -0.25) is 0 Å². The van der Waals surface area contributed by atoms with Crippen LogP contribution in [0.4, 0.5) is 0 Å². The summed E-state index contributed by atoms with van der Waals surface area (Å²) < 4.78 is 0. The predicted octanol–water partition coefficient (Wildman–Crippen LogP) is 7.46. The lowest BCUT2D eigenvalue weighted by atomic mass is 10.1. The van der Waals surface area contributed by atoms with Gasteiger partial charge in [0.1, 0.15) is 0 Å². The fraction of sp³-hybridized carbons (Fsp3) is 0.273. The van der Waals surface area contributed by atoms with Gasteiger partial charge in [0.25, 0.3) is 6.69 Å². The smallest absolute Gasteiger partial charge is 0.146 e. The van der Waals surface area contributed by atoms with E-state index in [4.69, 9.17) is 22.2 Å². The molecule has 0 bridgehead atoms. The van der Waals surface area contributed by atoms with Crippen molar-refractivity contribution < 1.29 is 0 Å². The highest BCUT2D eigenvalue weighted by molar-refractivity contribution is 7.45. The van der Waals surface area contributed by atoms with Crippen LogP contribution in [-0.4, -0.2) is 6.69 Å². The minimum Gasteiger partial charge on any atom is -0.146 e. The summed E-state index contributed by atoms with van der Waals surface area (Å²) in [4.78, 5) is 0. The first-order valence-electron chi connectivity index (χ1n) is 8.83. The number of aryl methyl sites for hydroxylation is 2. The summed E-state index contributed by atoms with van der Waals surface area (Å²) in [6.45, 7) is 5.49. The van der Waals surface area contributed by atoms with E-state index in [9.17, 15) is 0 Å². The molecule has 3 heteroatoms. The molecule has 0 N–H and O–H groups in total.